The van der Waals surface area contributed by atoms with E-state index in [1.54, 1.807) is 0 Å². The van der Waals surface area contributed by atoms with Crippen molar-refractivity contribution in [1.29, 1.82) is 0 Å². The minimum atomic E-state index is 1.07. The molecule has 0 aromatic heterocycles. The topological polar surface area (TPSA) is 0 Å². The van der Waals surface area contributed by atoms with Gasteiger partial charge in [-0.3, -0.25) is 0 Å². The molecule has 0 atom stereocenters. The van der Waals surface area contributed by atoms with Crippen LogP contribution in [0.4, 0.5) is 0 Å². The molecule has 2 heteroatoms. The van der Waals surface area contributed by atoms with Crippen molar-refractivity contribution >= 4 is 39.9 Å². The van der Waals surface area contributed by atoms with E-state index in [0.717, 1.165) is 12.2 Å². The highest BCUT2D eigenvalue weighted by molar-refractivity contribution is 14.1. The fourth-order valence-electron chi connectivity index (χ4n) is 2.59. The standard InChI is InChI=1S/C22H19IS/c23-21(16-17-24-20-14-8-3-9-15-20)22(18-10-4-1-5-11-18)19-12-6-2-7-13-19/h1-15H,16-17H2. The Kier molecular flexibility index (Phi) is 6.56. The SMILES string of the molecule is IC(CCSc1ccccc1)=C(c1ccccc1)c1ccccc1. The summed E-state index contributed by atoms with van der Waals surface area (Å²) in [5.41, 5.74) is 3.93. The lowest BCUT2D eigenvalue weighted by Gasteiger charge is -2.12. The summed E-state index contributed by atoms with van der Waals surface area (Å²) in [6, 6.07) is 32.0. The maximum atomic E-state index is 2.52. The summed E-state index contributed by atoms with van der Waals surface area (Å²) in [4.78, 5) is 1.34. The Hall–Kier alpha value is -1.52. The molecule has 0 aliphatic rings. The van der Waals surface area contributed by atoms with Crippen molar-refractivity contribution in [3.8, 4) is 0 Å². The Balaban J connectivity index is 1.82. The molecule has 0 spiro atoms. The predicted octanol–water partition coefficient (Wildman–Crippen LogP) is 7.06. The zero-order valence-electron chi connectivity index (χ0n) is 13.4. The van der Waals surface area contributed by atoms with E-state index in [1.165, 1.54) is 25.2 Å². The minimum absolute atomic E-state index is 1.07. The molecule has 0 saturated carbocycles. The smallest absolute Gasteiger partial charge is 0.00720 e. The highest BCUT2D eigenvalue weighted by Gasteiger charge is 2.10. The number of halogens is 1. The van der Waals surface area contributed by atoms with Gasteiger partial charge in [0.2, 0.25) is 0 Å². The third-order valence-electron chi connectivity index (χ3n) is 3.73. The molecule has 120 valence electrons. The van der Waals surface area contributed by atoms with E-state index in [1.807, 2.05) is 11.8 Å². The molecule has 3 aromatic rings. The van der Waals surface area contributed by atoms with Crippen LogP contribution in [0.2, 0.25) is 0 Å². The van der Waals surface area contributed by atoms with Gasteiger partial charge < -0.3 is 0 Å². The molecule has 0 bridgehead atoms. The lowest BCUT2D eigenvalue weighted by molar-refractivity contribution is 1.23. The monoisotopic (exact) mass is 442 g/mol. The third-order valence-corrected chi connectivity index (χ3v) is 5.82. The van der Waals surface area contributed by atoms with Crippen LogP contribution in [0.1, 0.15) is 17.5 Å². The van der Waals surface area contributed by atoms with Crippen LogP contribution in [0.5, 0.6) is 0 Å². The number of allylic oxidation sites excluding steroid dienone is 1. The van der Waals surface area contributed by atoms with E-state index in [2.05, 4.69) is 114 Å². The summed E-state index contributed by atoms with van der Waals surface area (Å²) in [5.74, 6) is 1.09. The Morgan fingerprint density at radius 2 is 1.12 bits per heavy atom. The largest absolute Gasteiger partial charge is 0.126 e. The van der Waals surface area contributed by atoms with Crippen LogP contribution < -0.4 is 0 Å². The Bertz CT molecular complexity index is 738. The highest BCUT2D eigenvalue weighted by Crippen LogP contribution is 2.33. The van der Waals surface area contributed by atoms with Crippen molar-refractivity contribution in [2.45, 2.75) is 11.3 Å². The summed E-state index contributed by atoms with van der Waals surface area (Å²) in [5, 5.41) is 0. The van der Waals surface area contributed by atoms with Crippen molar-refractivity contribution in [1.82, 2.24) is 0 Å². The Morgan fingerprint density at radius 3 is 1.62 bits per heavy atom. The van der Waals surface area contributed by atoms with Gasteiger partial charge in [0.1, 0.15) is 0 Å². The third kappa shape index (κ3) is 4.74. The van der Waals surface area contributed by atoms with Crippen molar-refractivity contribution < 1.29 is 0 Å². The highest BCUT2D eigenvalue weighted by atomic mass is 127. The molecule has 0 amide bonds. The molecule has 24 heavy (non-hydrogen) atoms. The maximum absolute atomic E-state index is 2.52. The Labute approximate surface area is 162 Å². The van der Waals surface area contributed by atoms with Crippen molar-refractivity contribution in [3.05, 3.63) is 106 Å². The van der Waals surface area contributed by atoms with Crippen LogP contribution in [0.3, 0.4) is 0 Å². The first kappa shape index (κ1) is 17.3. The molecule has 0 heterocycles. The second kappa shape index (κ2) is 9.09. The zero-order chi connectivity index (χ0) is 16.6. The van der Waals surface area contributed by atoms with E-state index in [0.29, 0.717) is 0 Å². The average Bonchev–Trinajstić information content (AvgIpc) is 2.65. The summed E-state index contributed by atoms with van der Waals surface area (Å²) in [7, 11) is 0. The molecule has 0 fully saturated rings. The van der Waals surface area contributed by atoms with Gasteiger partial charge in [-0.2, -0.15) is 0 Å². The van der Waals surface area contributed by atoms with Crippen molar-refractivity contribution in [2.24, 2.45) is 0 Å². The van der Waals surface area contributed by atoms with E-state index in [9.17, 15) is 0 Å². The normalized spacial score (nSPS) is 10.4. The van der Waals surface area contributed by atoms with Gasteiger partial charge in [0.05, 0.1) is 0 Å². The molecule has 0 aliphatic carbocycles. The summed E-state index contributed by atoms with van der Waals surface area (Å²) < 4.78 is 1.41. The van der Waals surface area contributed by atoms with Gasteiger partial charge in [0, 0.05) is 10.6 Å². The van der Waals surface area contributed by atoms with E-state index in [-0.39, 0.29) is 0 Å². The summed E-state index contributed by atoms with van der Waals surface area (Å²) in [6.07, 6.45) is 1.07. The fourth-order valence-corrected chi connectivity index (χ4v) is 4.74. The van der Waals surface area contributed by atoms with Gasteiger partial charge in [0.15, 0.2) is 0 Å². The first-order valence-corrected chi connectivity index (χ1v) is 10.1. The van der Waals surface area contributed by atoms with Crippen molar-refractivity contribution in [2.75, 3.05) is 5.75 Å². The van der Waals surface area contributed by atoms with Crippen LogP contribution in [-0.2, 0) is 0 Å². The second-order valence-electron chi connectivity index (χ2n) is 5.42. The lowest BCUT2D eigenvalue weighted by atomic mass is 9.97. The van der Waals surface area contributed by atoms with Gasteiger partial charge in [-0.25, -0.2) is 0 Å². The van der Waals surface area contributed by atoms with Crippen LogP contribution in [0, 0.1) is 0 Å². The van der Waals surface area contributed by atoms with E-state index >= 15 is 0 Å². The molecule has 0 N–H and O–H groups in total. The maximum Gasteiger partial charge on any atom is 0.00720 e. The van der Waals surface area contributed by atoms with Crippen LogP contribution in [-0.4, -0.2) is 5.75 Å². The van der Waals surface area contributed by atoms with Gasteiger partial charge >= 0.3 is 0 Å². The predicted molar refractivity (Wildman–Crippen MR) is 115 cm³/mol. The molecule has 0 radical (unpaired) electrons. The van der Waals surface area contributed by atoms with Crippen LogP contribution >= 0.6 is 34.4 Å². The van der Waals surface area contributed by atoms with Gasteiger partial charge in [-0.1, -0.05) is 78.9 Å². The van der Waals surface area contributed by atoms with E-state index in [4.69, 9.17) is 0 Å². The quantitative estimate of drug-likeness (QED) is 0.291. The molecule has 0 nitrogen and oxygen atoms in total. The molecule has 3 rings (SSSR count). The minimum Gasteiger partial charge on any atom is -0.126 e. The second-order valence-corrected chi connectivity index (χ2v) is 7.89. The molecule has 0 aliphatic heterocycles. The van der Waals surface area contributed by atoms with Crippen molar-refractivity contribution in [3.63, 3.8) is 0 Å². The Morgan fingerprint density at radius 1 is 0.667 bits per heavy atom. The van der Waals surface area contributed by atoms with E-state index < -0.39 is 0 Å². The number of benzene rings is 3. The molecule has 0 unspecified atom stereocenters. The van der Waals surface area contributed by atoms with Gasteiger partial charge in [-0.15, -0.1) is 11.8 Å². The molecular formula is C22H19IS. The van der Waals surface area contributed by atoms with Gasteiger partial charge in [0.25, 0.3) is 0 Å². The number of rotatable bonds is 6. The molecule has 0 saturated heterocycles. The average molecular weight is 442 g/mol. The number of hydrogen-bond acceptors (Lipinski definition) is 1. The first-order chi connectivity index (χ1) is 11.8. The fraction of sp³-hybridized carbons (Fsp3) is 0.0909. The summed E-state index contributed by atoms with van der Waals surface area (Å²) in [6.45, 7) is 0. The summed E-state index contributed by atoms with van der Waals surface area (Å²) >= 11 is 4.44. The van der Waals surface area contributed by atoms with Crippen LogP contribution in [0.15, 0.2) is 99.5 Å². The van der Waals surface area contributed by atoms with Gasteiger partial charge in [-0.05, 0) is 61.4 Å². The first-order valence-electron chi connectivity index (χ1n) is 8.02. The lowest BCUT2D eigenvalue weighted by Crippen LogP contribution is -1.92. The zero-order valence-corrected chi connectivity index (χ0v) is 16.3. The number of thioether (sulfide) groups is 1. The van der Waals surface area contributed by atoms with Crippen LogP contribution in [0.25, 0.3) is 5.57 Å². The molecular weight excluding hydrogens is 423 g/mol. The number of hydrogen-bond donors (Lipinski definition) is 0. The molecule has 3 aromatic carbocycles.